The zero-order valence-electron chi connectivity index (χ0n) is 13.1. The van der Waals surface area contributed by atoms with Crippen molar-refractivity contribution in [3.8, 4) is 11.1 Å². The zero-order valence-corrected chi connectivity index (χ0v) is 13.1. The van der Waals surface area contributed by atoms with Crippen LogP contribution in [0.4, 0.5) is 5.69 Å². The Morgan fingerprint density at radius 2 is 1.62 bits per heavy atom. The van der Waals surface area contributed by atoms with Crippen molar-refractivity contribution in [2.24, 2.45) is 0 Å². The van der Waals surface area contributed by atoms with E-state index in [-0.39, 0.29) is 6.42 Å². The summed E-state index contributed by atoms with van der Waals surface area (Å²) >= 11 is 0. The fraction of sp³-hybridized carbons (Fsp3) is 0.100. The number of hydrogen-bond acceptors (Lipinski definition) is 3. The van der Waals surface area contributed by atoms with Crippen molar-refractivity contribution < 1.29 is 14.0 Å². The van der Waals surface area contributed by atoms with E-state index in [9.17, 15) is 9.59 Å². The molecule has 4 nitrogen and oxygen atoms in total. The van der Waals surface area contributed by atoms with Gasteiger partial charge in [-0.25, -0.2) is 0 Å². The molecule has 2 aromatic carbocycles. The van der Waals surface area contributed by atoms with Gasteiger partial charge in [0.1, 0.15) is 5.76 Å². The Labute approximate surface area is 140 Å². The van der Waals surface area contributed by atoms with Gasteiger partial charge in [0.2, 0.25) is 5.78 Å². The maximum atomic E-state index is 12.2. The molecule has 0 bridgehead atoms. The predicted octanol–water partition coefficient (Wildman–Crippen LogP) is 4.09. The van der Waals surface area contributed by atoms with Gasteiger partial charge in [-0.05, 0) is 23.8 Å². The highest BCUT2D eigenvalue weighted by atomic mass is 16.3. The van der Waals surface area contributed by atoms with Gasteiger partial charge in [0, 0.05) is 24.1 Å². The molecule has 120 valence electrons. The molecule has 1 heterocycles. The average molecular weight is 319 g/mol. The molecule has 4 heteroatoms. The van der Waals surface area contributed by atoms with E-state index in [0.717, 1.165) is 11.1 Å². The minimum atomic E-state index is -0.607. The Kier molecular flexibility index (Phi) is 4.87. The van der Waals surface area contributed by atoms with Crippen LogP contribution in [0.1, 0.15) is 12.2 Å². The molecule has 0 radical (unpaired) electrons. The molecule has 3 rings (SSSR count). The maximum Gasteiger partial charge on any atom is 0.291 e. The Bertz CT molecular complexity index is 823. The third-order valence-corrected chi connectivity index (χ3v) is 3.69. The fourth-order valence-corrected chi connectivity index (χ4v) is 2.46. The summed E-state index contributed by atoms with van der Waals surface area (Å²) < 4.78 is 5.17. The van der Waals surface area contributed by atoms with Crippen molar-refractivity contribution in [2.75, 3.05) is 5.32 Å². The van der Waals surface area contributed by atoms with Crippen LogP contribution in [-0.4, -0.2) is 11.7 Å². The minimum Gasteiger partial charge on any atom is -0.469 e. The highest BCUT2D eigenvalue weighted by Crippen LogP contribution is 2.27. The number of carbonyl (C=O) groups is 2. The Hall–Kier alpha value is -3.14. The van der Waals surface area contributed by atoms with Gasteiger partial charge < -0.3 is 9.73 Å². The molecule has 0 atom stereocenters. The first-order valence-electron chi connectivity index (χ1n) is 7.75. The number of ketones is 1. The van der Waals surface area contributed by atoms with Crippen molar-refractivity contribution in [1.82, 2.24) is 0 Å². The summed E-state index contributed by atoms with van der Waals surface area (Å²) in [6.07, 6.45) is 2.09. The summed E-state index contributed by atoms with van der Waals surface area (Å²) in [5.74, 6) is -0.375. The van der Waals surface area contributed by atoms with E-state index >= 15 is 0 Å². The van der Waals surface area contributed by atoms with Crippen LogP contribution in [0.3, 0.4) is 0 Å². The number of hydrogen-bond donors (Lipinski definition) is 1. The van der Waals surface area contributed by atoms with Crippen LogP contribution in [0, 0.1) is 0 Å². The van der Waals surface area contributed by atoms with Crippen molar-refractivity contribution in [3.05, 3.63) is 78.8 Å². The average Bonchev–Trinajstić information content (AvgIpc) is 3.14. The molecular weight excluding hydrogens is 302 g/mol. The third-order valence-electron chi connectivity index (χ3n) is 3.69. The summed E-state index contributed by atoms with van der Waals surface area (Å²) in [6.45, 7) is 0. The topological polar surface area (TPSA) is 59.3 Å². The van der Waals surface area contributed by atoms with Crippen LogP contribution in [0.15, 0.2) is 77.4 Å². The van der Waals surface area contributed by atoms with Gasteiger partial charge in [0.05, 0.1) is 6.26 Å². The molecule has 1 amide bonds. The van der Waals surface area contributed by atoms with Crippen molar-refractivity contribution in [3.63, 3.8) is 0 Å². The number of para-hydroxylation sites is 1. The summed E-state index contributed by atoms with van der Waals surface area (Å²) in [7, 11) is 0. The molecule has 1 N–H and O–H groups in total. The Morgan fingerprint density at radius 1 is 0.875 bits per heavy atom. The Morgan fingerprint density at radius 3 is 2.38 bits per heavy atom. The summed E-state index contributed by atoms with van der Waals surface area (Å²) in [6, 6.07) is 20.7. The summed E-state index contributed by atoms with van der Waals surface area (Å²) in [5, 5.41) is 2.72. The van der Waals surface area contributed by atoms with Crippen molar-refractivity contribution >= 4 is 17.4 Å². The van der Waals surface area contributed by atoms with Crippen molar-refractivity contribution in [1.29, 1.82) is 0 Å². The molecule has 1 aromatic heterocycles. The monoisotopic (exact) mass is 319 g/mol. The number of rotatable bonds is 6. The quantitative estimate of drug-likeness (QED) is 0.696. The molecular formula is C20H17NO3. The van der Waals surface area contributed by atoms with E-state index < -0.39 is 11.7 Å². The third kappa shape index (κ3) is 3.79. The number of carbonyl (C=O) groups excluding carboxylic acids is 2. The van der Waals surface area contributed by atoms with Gasteiger partial charge in [-0.1, -0.05) is 48.5 Å². The number of amides is 1. The van der Waals surface area contributed by atoms with Crippen molar-refractivity contribution in [2.45, 2.75) is 12.8 Å². The van der Waals surface area contributed by atoms with Gasteiger partial charge in [0.25, 0.3) is 5.91 Å². The van der Waals surface area contributed by atoms with E-state index in [1.807, 2.05) is 48.5 Å². The molecule has 0 fully saturated rings. The number of nitrogens with one attached hydrogen (secondary N) is 1. The molecule has 24 heavy (non-hydrogen) atoms. The van der Waals surface area contributed by atoms with Crippen LogP contribution in [-0.2, 0) is 16.0 Å². The predicted molar refractivity (Wildman–Crippen MR) is 92.5 cm³/mol. The van der Waals surface area contributed by atoms with E-state index in [4.69, 9.17) is 4.42 Å². The largest absolute Gasteiger partial charge is 0.469 e. The SMILES string of the molecule is O=C(CCc1ccco1)C(=O)Nc1ccccc1-c1ccccc1. The maximum absolute atomic E-state index is 12.2. The molecule has 0 unspecified atom stereocenters. The van der Waals surface area contributed by atoms with Gasteiger partial charge >= 0.3 is 0 Å². The second kappa shape index (κ2) is 7.42. The van der Waals surface area contributed by atoms with Gasteiger partial charge in [0.15, 0.2) is 0 Å². The molecule has 0 spiro atoms. The van der Waals surface area contributed by atoms with E-state index in [1.165, 1.54) is 0 Å². The van der Waals surface area contributed by atoms with Crippen LogP contribution in [0.5, 0.6) is 0 Å². The lowest BCUT2D eigenvalue weighted by Crippen LogP contribution is -2.23. The second-order valence-corrected chi connectivity index (χ2v) is 5.37. The van der Waals surface area contributed by atoms with Gasteiger partial charge in [-0.3, -0.25) is 9.59 Å². The Balaban J connectivity index is 1.69. The van der Waals surface area contributed by atoms with Gasteiger partial charge in [-0.15, -0.1) is 0 Å². The van der Waals surface area contributed by atoms with E-state index in [2.05, 4.69) is 5.32 Å². The molecule has 0 aliphatic carbocycles. The van der Waals surface area contributed by atoms with Crippen LogP contribution >= 0.6 is 0 Å². The van der Waals surface area contributed by atoms with Gasteiger partial charge in [-0.2, -0.15) is 0 Å². The fourth-order valence-electron chi connectivity index (χ4n) is 2.46. The van der Waals surface area contributed by atoms with E-state index in [1.54, 1.807) is 24.5 Å². The normalized spacial score (nSPS) is 10.3. The van der Waals surface area contributed by atoms with E-state index in [0.29, 0.717) is 17.9 Å². The first-order valence-corrected chi connectivity index (χ1v) is 7.75. The standard InChI is InChI=1S/C20H17NO3/c22-19(13-12-16-9-6-14-24-16)20(23)21-18-11-5-4-10-17(18)15-7-2-1-3-8-15/h1-11,14H,12-13H2,(H,21,23). The van der Waals surface area contributed by atoms with Crippen LogP contribution in [0.2, 0.25) is 0 Å². The van der Waals surface area contributed by atoms with Crippen LogP contribution < -0.4 is 5.32 Å². The van der Waals surface area contributed by atoms with Crippen LogP contribution in [0.25, 0.3) is 11.1 Å². The highest BCUT2D eigenvalue weighted by Gasteiger charge is 2.16. The first-order chi connectivity index (χ1) is 11.7. The lowest BCUT2D eigenvalue weighted by Gasteiger charge is -2.10. The second-order valence-electron chi connectivity index (χ2n) is 5.37. The first kappa shape index (κ1) is 15.7. The minimum absolute atomic E-state index is 0.118. The number of Topliss-reactive ketones (excluding diaryl/α,β-unsaturated/α-hetero) is 1. The molecule has 0 aliphatic heterocycles. The lowest BCUT2D eigenvalue weighted by molar-refractivity contribution is -0.134. The highest BCUT2D eigenvalue weighted by molar-refractivity contribution is 6.40. The number of anilines is 1. The molecule has 0 saturated carbocycles. The number of furan rings is 1. The molecule has 0 aliphatic rings. The number of benzene rings is 2. The lowest BCUT2D eigenvalue weighted by atomic mass is 10.0. The molecule has 3 aromatic rings. The number of aryl methyl sites for hydroxylation is 1. The smallest absolute Gasteiger partial charge is 0.291 e. The zero-order chi connectivity index (χ0) is 16.8. The molecule has 0 saturated heterocycles. The summed E-state index contributed by atoms with van der Waals surface area (Å²) in [4.78, 5) is 24.2. The summed E-state index contributed by atoms with van der Waals surface area (Å²) in [5.41, 5.74) is 2.49.